The first-order chi connectivity index (χ1) is 16.4. The van der Waals surface area contributed by atoms with Crippen LogP contribution in [-0.4, -0.2) is 35.9 Å². The van der Waals surface area contributed by atoms with Crippen molar-refractivity contribution in [1.82, 2.24) is 10.2 Å². The van der Waals surface area contributed by atoms with E-state index in [0.717, 1.165) is 21.2 Å². The van der Waals surface area contributed by atoms with E-state index >= 15 is 0 Å². The maximum atomic E-state index is 13.5. The summed E-state index contributed by atoms with van der Waals surface area (Å²) in [6, 6.07) is 22.1. The van der Waals surface area contributed by atoms with Gasteiger partial charge < -0.3 is 15.0 Å². The minimum Gasteiger partial charge on any atom is -0.482 e. The van der Waals surface area contributed by atoms with Crippen LogP contribution in [0, 0.1) is 6.92 Å². The standard InChI is InChI=1S/C27H28BrClN2O3/c1-3-30-27(33)24(15-20-7-5-4-6-8-20)31(17-21-11-9-19(2)10-12-21)26(32)18-34-25-14-13-22(28)16-23(25)29/h4-14,16,24H,3,15,17-18H2,1-2H3,(H,30,33)/t24-/m1/s1. The summed E-state index contributed by atoms with van der Waals surface area (Å²) in [5.74, 6) is -0.0913. The molecule has 0 aliphatic heterocycles. The number of hydrogen-bond donors (Lipinski definition) is 1. The molecule has 5 nitrogen and oxygen atoms in total. The number of benzene rings is 3. The summed E-state index contributed by atoms with van der Waals surface area (Å²) in [7, 11) is 0. The molecule has 3 rings (SSSR count). The normalized spacial score (nSPS) is 11.5. The van der Waals surface area contributed by atoms with Gasteiger partial charge in [-0.3, -0.25) is 9.59 Å². The first-order valence-electron chi connectivity index (χ1n) is 11.1. The smallest absolute Gasteiger partial charge is 0.261 e. The lowest BCUT2D eigenvalue weighted by atomic mass is 10.0. The van der Waals surface area contributed by atoms with Crippen LogP contribution in [0.25, 0.3) is 0 Å². The molecular weight excluding hydrogens is 516 g/mol. The zero-order valence-electron chi connectivity index (χ0n) is 19.3. The second kappa shape index (κ2) is 12.6. The van der Waals surface area contributed by atoms with Crippen molar-refractivity contribution in [2.45, 2.75) is 32.9 Å². The van der Waals surface area contributed by atoms with Crippen LogP contribution in [0.5, 0.6) is 5.75 Å². The topological polar surface area (TPSA) is 58.6 Å². The fourth-order valence-corrected chi connectivity index (χ4v) is 4.28. The Balaban J connectivity index is 1.89. The molecule has 3 aromatic carbocycles. The number of nitrogens with one attached hydrogen (secondary N) is 1. The largest absolute Gasteiger partial charge is 0.482 e. The molecule has 0 radical (unpaired) electrons. The van der Waals surface area contributed by atoms with Crippen molar-refractivity contribution in [3.63, 3.8) is 0 Å². The molecule has 0 bridgehead atoms. The summed E-state index contributed by atoms with van der Waals surface area (Å²) < 4.78 is 6.57. The molecular formula is C27H28BrClN2O3. The molecule has 0 saturated heterocycles. The number of halogens is 2. The van der Waals surface area contributed by atoms with Gasteiger partial charge in [-0.15, -0.1) is 0 Å². The van der Waals surface area contributed by atoms with Crippen molar-refractivity contribution < 1.29 is 14.3 Å². The van der Waals surface area contributed by atoms with Crippen molar-refractivity contribution in [3.05, 3.63) is 99.0 Å². The molecule has 34 heavy (non-hydrogen) atoms. The Morgan fingerprint density at radius 1 is 1.03 bits per heavy atom. The Bertz CT molecular complexity index is 1110. The average Bonchev–Trinajstić information content (AvgIpc) is 2.82. The van der Waals surface area contributed by atoms with Crippen LogP contribution < -0.4 is 10.1 Å². The number of amides is 2. The highest BCUT2D eigenvalue weighted by atomic mass is 79.9. The summed E-state index contributed by atoms with van der Waals surface area (Å²) in [6.07, 6.45) is 0.392. The lowest BCUT2D eigenvalue weighted by Crippen LogP contribution is -2.51. The van der Waals surface area contributed by atoms with Crippen LogP contribution in [0.4, 0.5) is 0 Å². The van der Waals surface area contributed by atoms with Crippen LogP contribution in [0.15, 0.2) is 77.3 Å². The van der Waals surface area contributed by atoms with Crippen LogP contribution in [0.1, 0.15) is 23.6 Å². The van der Waals surface area contributed by atoms with Gasteiger partial charge in [-0.1, -0.05) is 87.7 Å². The molecule has 0 fully saturated rings. The molecule has 0 unspecified atom stereocenters. The maximum absolute atomic E-state index is 13.5. The second-order valence-electron chi connectivity index (χ2n) is 7.97. The molecule has 3 aromatic rings. The van der Waals surface area contributed by atoms with E-state index in [0.29, 0.717) is 23.7 Å². The van der Waals surface area contributed by atoms with Crippen LogP contribution >= 0.6 is 27.5 Å². The summed E-state index contributed by atoms with van der Waals surface area (Å²) >= 11 is 9.62. The van der Waals surface area contributed by atoms with Crippen molar-refractivity contribution in [2.24, 2.45) is 0 Å². The zero-order valence-corrected chi connectivity index (χ0v) is 21.6. The first-order valence-corrected chi connectivity index (χ1v) is 12.3. The first kappa shape index (κ1) is 25.8. The zero-order chi connectivity index (χ0) is 24.5. The van der Waals surface area contributed by atoms with Gasteiger partial charge in [0.05, 0.1) is 5.02 Å². The molecule has 0 aliphatic rings. The number of nitrogens with zero attached hydrogens (tertiary/aromatic N) is 1. The predicted octanol–water partition coefficient (Wildman–Crippen LogP) is 5.57. The van der Waals surface area contributed by atoms with Gasteiger partial charge >= 0.3 is 0 Å². The van der Waals surface area contributed by atoms with Gasteiger partial charge in [0.15, 0.2) is 6.61 Å². The number of carbonyl (C=O) groups excluding carboxylic acids is 2. The number of hydrogen-bond acceptors (Lipinski definition) is 3. The fourth-order valence-electron chi connectivity index (χ4n) is 3.55. The lowest BCUT2D eigenvalue weighted by molar-refractivity contribution is -0.142. The number of likely N-dealkylation sites (N-methyl/N-ethyl adjacent to an activating group) is 1. The molecule has 0 heterocycles. The van der Waals surface area contributed by atoms with Gasteiger partial charge in [-0.25, -0.2) is 0 Å². The van der Waals surface area contributed by atoms with Gasteiger partial charge in [-0.05, 0) is 43.2 Å². The molecule has 0 saturated carbocycles. The monoisotopic (exact) mass is 542 g/mol. The van der Waals surface area contributed by atoms with Crippen LogP contribution in [-0.2, 0) is 22.6 Å². The quantitative estimate of drug-likeness (QED) is 0.364. The molecule has 0 aliphatic carbocycles. The average molecular weight is 544 g/mol. The Morgan fingerprint density at radius 3 is 2.38 bits per heavy atom. The number of ether oxygens (including phenoxy) is 1. The Hall–Kier alpha value is -2.83. The highest BCUT2D eigenvalue weighted by Crippen LogP contribution is 2.28. The minimum atomic E-state index is -0.694. The highest BCUT2D eigenvalue weighted by Gasteiger charge is 2.30. The van der Waals surface area contributed by atoms with Crippen molar-refractivity contribution in [3.8, 4) is 5.75 Å². The predicted molar refractivity (Wildman–Crippen MR) is 139 cm³/mol. The minimum absolute atomic E-state index is 0.200. The molecule has 178 valence electrons. The SMILES string of the molecule is CCNC(=O)[C@@H](Cc1ccccc1)N(Cc1ccc(C)cc1)C(=O)COc1ccc(Br)cc1Cl. The molecule has 1 atom stereocenters. The van der Waals surface area contributed by atoms with Crippen LogP contribution in [0.3, 0.4) is 0 Å². The van der Waals surface area contributed by atoms with E-state index < -0.39 is 6.04 Å². The van der Waals surface area contributed by atoms with E-state index in [4.69, 9.17) is 16.3 Å². The van der Waals surface area contributed by atoms with Crippen molar-refractivity contribution in [1.29, 1.82) is 0 Å². The third-order valence-corrected chi connectivity index (χ3v) is 6.13. The van der Waals surface area contributed by atoms with Crippen molar-refractivity contribution in [2.75, 3.05) is 13.2 Å². The molecule has 1 N–H and O–H groups in total. The summed E-state index contributed by atoms with van der Waals surface area (Å²) in [5, 5.41) is 3.29. The Morgan fingerprint density at radius 2 is 1.74 bits per heavy atom. The van der Waals surface area contributed by atoms with Crippen molar-refractivity contribution >= 4 is 39.3 Å². The Kier molecular flexibility index (Phi) is 9.54. The fraction of sp³-hybridized carbons (Fsp3) is 0.259. The van der Waals surface area contributed by atoms with E-state index in [9.17, 15) is 9.59 Å². The summed E-state index contributed by atoms with van der Waals surface area (Å²) in [5.41, 5.74) is 3.03. The number of carbonyl (C=O) groups is 2. The van der Waals surface area contributed by atoms with E-state index in [2.05, 4.69) is 21.2 Å². The Labute approximate surface area is 214 Å². The van der Waals surface area contributed by atoms with Gasteiger partial charge in [-0.2, -0.15) is 0 Å². The molecule has 0 spiro atoms. The number of aryl methyl sites for hydroxylation is 1. The van der Waals surface area contributed by atoms with Gasteiger partial charge in [0.1, 0.15) is 11.8 Å². The summed E-state index contributed by atoms with van der Waals surface area (Å²) in [4.78, 5) is 28.2. The van der Waals surface area contributed by atoms with E-state index in [1.54, 1.807) is 23.1 Å². The molecule has 2 amide bonds. The van der Waals surface area contributed by atoms with Gasteiger partial charge in [0.2, 0.25) is 5.91 Å². The lowest BCUT2D eigenvalue weighted by Gasteiger charge is -2.31. The van der Waals surface area contributed by atoms with Gasteiger partial charge in [0, 0.05) is 24.0 Å². The second-order valence-corrected chi connectivity index (χ2v) is 9.29. The summed E-state index contributed by atoms with van der Waals surface area (Å²) in [6.45, 7) is 4.39. The highest BCUT2D eigenvalue weighted by molar-refractivity contribution is 9.10. The molecule has 7 heteroatoms. The van der Waals surface area contributed by atoms with E-state index in [-0.39, 0.29) is 25.0 Å². The molecule has 0 aromatic heterocycles. The maximum Gasteiger partial charge on any atom is 0.261 e. The van der Waals surface area contributed by atoms with E-state index in [1.807, 2.05) is 68.4 Å². The third kappa shape index (κ3) is 7.34. The third-order valence-electron chi connectivity index (χ3n) is 5.34. The van der Waals surface area contributed by atoms with Crippen LogP contribution in [0.2, 0.25) is 5.02 Å². The van der Waals surface area contributed by atoms with Gasteiger partial charge in [0.25, 0.3) is 5.91 Å². The van der Waals surface area contributed by atoms with E-state index in [1.165, 1.54) is 0 Å². The number of rotatable bonds is 10.